The zero-order valence-electron chi connectivity index (χ0n) is 10.3. The third-order valence-corrected chi connectivity index (χ3v) is 2.10. The summed E-state index contributed by atoms with van der Waals surface area (Å²) in [5.41, 5.74) is 0.606. The molecule has 0 spiro atoms. The van der Waals surface area contributed by atoms with Crippen LogP contribution in [-0.2, 0) is 4.79 Å². The number of rotatable bonds is 4. The standard InChI is InChI=1S/C12H13NO5/c1-8(13(15)16)6-10-4-5-11(18-9(2)14)12(7-10)17-3/h4-7H,1-3H3/b8-6+. The number of nitro groups is 1. The van der Waals surface area contributed by atoms with Gasteiger partial charge >= 0.3 is 5.97 Å². The highest BCUT2D eigenvalue weighted by Crippen LogP contribution is 2.29. The van der Waals surface area contributed by atoms with Gasteiger partial charge in [0.1, 0.15) is 0 Å². The van der Waals surface area contributed by atoms with E-state index in [0.29, 0.717) is 11.3 Å². The number of esters is 1. The summed E-state index contributed by atoms with van der Waals surface area (Å²) >= 11 is 0. The summed E-state index contributed by atoms with van der Waals surface area (Å²) in [6, 6.07) is 4.69. The Morgan fingerprint density at radius 1 is 1.33 bits per heavy atom. The van der Waals surface area contributed by atoms with Gasteiger partial charge in [-0.1, -0.05) is 6.07 Å². The Balaban J connectivity index is 3.09. The Bertz CT molecular complexity index is 507. The summed E-state index contributed by atoms with van der Waals surface area (Å²) in [4.78, 5) is 20.9. The predicted molar refractivity (Wildman–Crippen MR) is 64.9 cm³/mol. The van der Waals surface area contributed by atoms with Crippen molar-refractivity contribution in [1.82, 2.24) is 0 Å². The van der Waals surface area contributed by atoms with Crippen LogP contribution < -0.4 is 9.47 Å². The van der Waals surface area contributed by atoms with Crippen LogP contribution in [0.3, 0.4) is 0 Å². The molecule has 0 heterocycles. The number of nitrogens with zero attached hydrogens (tertiary/aromatic N) is 1. The number of benzene rings is 1. The molecule has 6 heteroatoms. The molecule has 0 saturated heterocycles. The molecule has 0 amide bonds. The van der Waals surface area contributed by atoms with Crippen LogP contribution in [0.4, 0.5) is 0 Å². The van der Waals surface area contributed by atoms with E-state index in [9.17, 15) is 14.9 Å². The van der Waals surface area contributed by atoms with Crippen molar-refractivity contribution in [3.05, 3.63) is 39.6 Å². The van der Waals surface area contributed by atoms with E-state index < -0.39 is 10.9 Å². The second-order valence-corrected chi connectivity index (χ2v) is 3.55. The molecule has 0 fully saturated rings. The van der Waals surface area contributed by atoms with E-state index in [4.69, 9.17) is 9.47 Å². The summed E-state index contributed by atoms with van der Waals surface area (Å²) in [5.74, 6) is 0.161. The van der Waals surface area contributed by atoms with Gasteiger partial charge in [-0.25, -0.2) is 0 Å². The van der Waals surface area contributed by atoms with Crippen molar-refractivity contribution in [2.24, 2.45) is 0 Å². The number of carbonyl (C=O) groups excluding carboxylic acids is 1. The van der Waals surface area contributed by atoms with Crippen LogP contribution in [0, 0.1) is 10.1 Å². The van der Waals surface area contributed by atoms with Crippen molar-refractivity contribution in [3.8, 4) is 11.5 Å². The van der Waals surface area contributed by atoms with Crippen molar-refractivity contribution in [3.63, 3.8) is 0 Å². The summed E-state index contributed by atoms with van der Waals surface area (Å²) in [6.45, 7) is 2.68. The molecular formula is C12H13NO5. The number of carbonyl (C=O) groups is 1. The highest BCUT2D eigenvalue weighted by molar-refractivity contribution is 5.71. The van der Waals surface area contributed by atoms with Crippen molar-refractivity contribution in [2.75, 3.05) is 7.11 Å². The van der Waals surface area contributed by atoms with E-state index in [-0.39, 0.29) is 11.4 Å². The summed E-state index contributed by atoms with van der Waals surface area (Å²) < 4.78 is 9.98. The first-order chi connectivity index (χ1) is 8.43. The molecule has 0 radical (unpaired) electrons. The molecule has 0 atom stereocenters. The van der Waals surface area contributed by atoms with Crippen LogP contribution >= 0.6 is 0 Å². The average Bonchev–Trinajstić information content (AvgIpc) is 2.30. The molecule has 18 heavy (non-hydrogen) atoms. The highest BCUT2D eigenvalue weighted by atomic mass is 16.6. The SMILES string of the molecule is COc1cc(/C=C(\C)[N+](=O)[O-])ccc1OC(C)=O. The van der Waals surface area contributed by atoms with Gasteiger partial charge in [-0.2, -0.15) is 0 Å². The predicted octanol–water partition coefficient (Wildman–Crippen LogP) is 2.26. The first-order valence-electron chi connectivity index (χ1n) is 5.13. The normalized spacial score (nSPS) is 10.9. The molecule has 96 valence electrons. The largest absolute Gasteiger partial charge is 0.493 e. The van der Waals surface area contributed by atoms with Crippen molar-refractivity contribution in [1.29, 1.82) is 0 Å². The maximum Gasteiger partial charge on any atom is 0.308 e. The minimum atomic E-state index is -0.480. The fourth-order valence-electron chi connectivity index (χ4n) is 1.31. The third kappa shape index (κ3) is 3.58. The second-order valence-electron chi connectivity index (χ2n) is 3.55. The van der Waals surface area contributed by atoms with Crippen molar-refractivity contribution >= 4 is 12.0 Å². The Labute approximate surface area is 104 Å². The second kappa shape index (κ2) is 5.81. The van der Waals surface area contributed by atoms with Crippen LogP contribution in [0.1, 0.15) is 19.4 Å². The topological polar surface area (TPSA) is 78.7 Å². The fourth-order valence-corrected chi connectivity index (χ4v) is 1.31. The molecule has 1 aromatic rings. The molecule has 0 N–H and O–H groups in total. The molecule has 0 unspecified atom stereocenters. The molecule has 0 aliphatic carbocycles. The lowest BCUT2D eigenvalue weighted by atomic mass is 10.1. The monoisotopic (exact) mass is 251 g/mol. The zero-order valence-corrected chi connectivity index (χ0v) is 10.3. The molecule has 0 bridgehead atoms. The smallest absolute Gasteiger partial charge is 0.308 e. The molecular weight excluding hydrogens is 238 g/mol. The van der Waals surface area contributed by atoms with Crippen molar-refractivity contribution in [2.45, 2.75) is 13.8 Å². The van der Waals surface area contributed by atoms with Gasteiger partial charge in [0.2, 0.25) is 5.70 Å². The lowest BCUT2D eigenvalue weighted by molar-refractivity contribution is -0.422. The lowest BCUT2D eigenvalue weighted by Crippen LogP contribution is -2.03. The molecule has 0 aromatic heterocycles. The zero-order chi connectivity index (χ0) is 13.7. The van der Waals surface area contributed by atoms with Gasteiger partial charge in [0.25, 0.3) is 0 Å². The molecule has 0 saturated carbocycles. The third-order valence-electron chi connectivity index (χ3n) is 2.10. The van der Waals surface area contributed by atoms with Crippen LogP contribution in [-0.4, -0.2) is 18.0 Å². The highest BCUT2D eigenvalue weighted by Gasteiger charge is 2.09. The van der Waals surface area contributed by atoms with E-state index in [2.05, 4.69) is 0 Å². The lowest BCUT2D eigenvalue weighted by Gasteiger charge is -2.08. The number of allylic oxidation sites excluding steroid dienone is 1. The number of methoxy groups -OCH3 is 1. The Morgan fingerprint density at radius 3 is 2.50 bits per heavy atom. The first kappa shape index (κ1) is 13.7. The van der Waals surface area contributed by atoms with Gasteiger partial charge in [0, 0.05) is 19.9 Å². The Morgan fingerprint density at radius 2 is 2.00 bits per heavy atom. The number of hydrogen-bond donors (Lipinski definition) is 0. The summed E-state index contributed by atoms with van der Waals surface area (Å²) in [7, 11) is 1.43. The maximum absolute atomic E-state index is 10.9. The van der Waals surface area contributed by atoms with E-state index in [0.717, 1.165) is 0 Å². The molecule has 1 aromatic carbocycles. The van der Waals surface area contributed by atoms with Gasteiger partial charge in [0.05, 0.1) is 12.0 Å². The minimum absolute atomic E-state index is 0.0114. The van der Waals surface area contributed by atoms with Crippen molar-refractivity contribution < 1.29 is 19.2 Å². The minimum Gasteiger partial charge on any atom is -0.493 e. The summed E-state index contributed by atoms with van der Waals surface area (Å²) in [6.07, 6.45) is 1.40. The molecule has 0 aliphatic rings. The number of hydrogen-bond acceptors (Lipinski definition) is 5. The van der Waals surface area contributed by atoms with Crippen LogP contribution in [0.2, 0.25) is 0 Å². The van der Waals surface area contributed by atoms with Gasteiger partial charge < -0.3 is 9.47 Å². The van der Waals surface area contributed by atoms with Gasteiger partial charge in [-0.15, -0.1) is 0 Å². The Kier molecular flexibility index (Phi) is 4.42. The van der Waals surface area contributed by atoms with E-state index in [1.54, 1.807) is 12.1 Å². The van der Waals surface area contributed by atoms with Gasteiger partial charge in [0.15, 0.2) is 11.5 Å². The van der Waals surface area contributed by atoms with Gasteiger partial charge in [-0.3, -0.25) is 14.9 Å². The van der Waals surface area contributed by atoms with Gasteiger partial charge in [-0.05, 0) is 17.7 Å². The molecule has 6 nitrogen and oxygen atoms in total. The first-order valence-corrected chi connectivity index (χ1v) is 5.13. The van der Waals surface area contributed by atoms with Crippen LogP contribution in [0.5, 0.6) is 11.5 Å². The maximum atomic E-state index is 10.9. The fraction of sp³-hybridized carbons (Fsp3) is 0.250. The Hall–Kier alpha value is -2.37. The van der Waals surface area contributed by atoms with E-state index in [1.165, 1.54) is 33.1 Å². The average molecular weight is 251 g/mol. The van der Waals surface area contributed by atoms with E-state index in [1.807, 2.05) is 0 Å². The molecule has 0 aliphatic heterocycles. The number of ether oxygens (including phenoxy) is 2. The van der Waals surface area contributed by atoms with Crippen LogP contribution in [0.15, 0.2) is 23.9 Å². The van der Waals surface area contributed by atoms with Crippen LogP contribution in [0.25, 0.3) is 6.08 Å². The molecule has 1 rings (SSSR count). The quantitative estimate of drug-likeness (QED) is 0.355. The summed E-state index contributed by atoms with van der Waals surface area (Å²) in [5, 5.41) is 10.5. The van der Waals surface area contributed by atoms with E-state index >= 15 is 0 Å².